The summed E-state index contributed by atoms with van der Waals surface area (Å²) in [5.41, 5.74) is 2.82. The molecule has 0 saturated heterocycles. The molecule has 0 amide bonds. The summed E-state index contributed by atoms with van der Waals surface area (Å²) in [5.74, 6) is 1.43. The molecular formula is C23H23FN2O2S. The van der Waals surface area contributed by atoms with Crippen LogP contribution in [-0.2, 0) is 16.4 Å². The predicted octanol–water partition coefficient (Wildman–Crippen LogP) is 5.86. The van der Waals surface area contributed by atoms with Gasteiger partial charge in [-0.05, 0) is 49.4 Å². The third-order valence-corrected chi connectivity index (χ3v) is 7.13. The van der Waals surface area contributed by atoms with Gasteiger partial charge in [-0.3, -0.25) is 0 Å². The Morgan fingerprint density at radius 3 is 2.79 bits per heavy atom. The topological polar surface area (TPSA) is 58.0 Å². The molecule has 1 saturated carbocycles. The van der Waals surface area contributed by atoms with E-state index in [4.69, 9.17) is 4.42 Å². The Bertz CT molecular complexity index is 1240. The number of hydrogen-bond acceptors (Lipinski definition) is 2. The molecule has 1 aliphatic rings. The zero-order chi connectivity index (χ0) is 20.2. The fraction of sp³-hybridized carbons (Fsp3) is 0.304. The molecule has 29 heavy (non-hydrogen) atoms. The van der Waals surface area contributed by atoms with Crippen molar-refractivity contribution in [3.05, 3.63) is 65.8 Å². The van der Waals surface area contributed by atoms with Gasteiger partial charge in [0.15, 0.2) is 11.4 Å². The maximum absolute atomic E-state index is 14.3. The Hall–Kier alpha value is -2.60. The van der Waals surface area contributed by atoms with E-state index in [0.29, 0.717) is 17.3 Å². The lowest BCUT2D eigenvalue weighted by molar-refractivity contribution is 0.385. The lowest BCUT2D eigenvalue weighted by atomic mass is 9.75. The summed E-state index contributed by atoms with van der Waals surface area (Å²) >= 11 is 0. The van der Waals surface area contributed by atoms with Crippen molar-refractivity contribution >= 4 is 38.5 Å². The van der Waals surface area contributed by atoms with Gasteiger partial charge < -0.3 is 14.1 Å². The van der Waals surface area contributed by atoms with Crippen molar-refractivity contribution in [1.29, 1.82) is 0 Å². The van der Waals surface area contributed by atoms with Crippen LogP contribution in [0.4, 0.5) is 10.1 Å². The molecule has 0 bridgehead atoms. The summed E-state index contributed by atoms with van der Waals surface area (Å²) in [6.07, 6.45) is 4.24. The Morgan fingerprint density at radius 2 is 2.07 bits per heavy atom. The molecule has 4 nitrogen and oxygen atoms in total. The smallest absolute Gasteiger partial charge is 0.169 e. The molecule has 2 unspecified atom stereocenters. The average molecular weight is 411 g/mol. The van der Waals surface area contributed by atoms with Crippen LogP contribution in [0.15, 0.2) is 53.1 Å². The highest BCUT2D eigenvalue weighted by molar-refractivity contribution is 7.86. The van der Waals surface area contributed by atoms with Gasteiger partial charge in [0.2, 0.25) is 0 Å². The van der Waals surface area contributed by atoms with E-state index in [9.17, 15) is 8.60 Å². The normalized spacial score (nSPS) is 17.5. The van der Waals surface area contributed by atoms with E-state index in [1.54, 1.807) is 6.07 Å². The van der Waals surface area contributed by atoms with E-state index >= 15 is 0 Å². The van der Waals surface area contributed by atoms with Gasteiger partial charge in [0, 0.05) is 22.7 Å². The molecule has 4 aromatic rings. The van der Waals surface area contributed by atoms with E-state index < -0.39 is 11.0 Å². The molecule has 2 N–H and O–H groups in total. The second-order valence-corrected chi connectivity index (χ2v) is 9.38. The standard InChI is InChI=1S/C23H23FN2O2S/c1-3-29(27)26-19-9-5-7-16-17(13-25-21(16)19)23(2,15-10-11-15)20-12-14-6-4-8-18(24)22(14)28-20/h4-9,12-13,15,25-26H,3,10-11H2,1-2H3. The van der Waals surface area contributed by atoms with Crippen LogP contribution in [0, 0.1) is 11.7 Å². The van der Waals surface area contributed by atoms with Crippen LogP contribution >= 0.6 is 0 Å². The number of para-hydroxylation sites is 2. The number of nitrogens with one attached hydrogen (secondary N) is 2. The molecule has 0 spiro atoms. The van der Waals surface area contributed by atoms with Crippen molar-refractivity contribution in [2.24, 2.45) is 5.92 Å². The summed E-state index contributed by atoms with van der Waals surface area (Å²) in [6.45, 7) is 4.07. The van der Waals surface area contributed by atoms with Crippen molar-refractivity contribution in [2.45, 2.75) is 32.1 Å². The monoisotopic (exact) mass is 410 g/mol. The molecule has 150 valence electrons. The number of H-pyrrole nitrogens is 1. The molecule has 2 aromatic heterocycles. The third-order valence-electron chi connectivity index (χ3n) is 6.16. The van der Waals surface area contributed by atoms with E-state index in [0.717, 1.165) is 46.1 Å². The van der Waals surface area contributed by atoms with Gasteiger partial charge in [-0.25, -0.2) is 8.60 Å². The van der Waals surface area contributed by atoms with E-state index in [2.05, 4.69) is 22.7 Å². The minimum atomic E-state index is -1.12. The summed E-state index contributed by atoms with van der Waals surface area (Å²) < 4.78 is 35.5. The van der Waals surface area contributed by atoms with Gasteiger partial charge in [-0.15, -0.1) is 0 Å². The lowest BCUT2D eigenvalue weighted by Gasteiger charge is -2.27. The van der Waals surface area contributed by atoms with Gasteiger partial charge in [0.25, 0.3) is 0 Å². The zero-order valence-electron chi connectivity index (χ0n) is 16.4. The van der Waals surface area contributed by atoms with Gasteiger partial charge in [-0.1, -0.05) is 31.2 Å². The Kier molecular flexibility index (Phi) is 4.28. The highest BCUT2D eigenvalue weighted by Gasteiger charge is 2.47. The fourth-order valence-electron chi connectivity index (χ4n) is 4.36. The Balaban J connectivity index is 1.68. The SMILES string of the molecule is CCS(=O)Nc1cccc2c(C(C)(c3cc4cccc(F)c4o3)C3CC3)c[nH]c12. The first-order chi connectivity index (χ1) is 14.0. The van der Waals surface area contributed by atoms with Gasteiger partial charge >= 0.3 is 0 Å². The number of anilines is 1. The number of benzene rings is 2. The number of halogens is 1. The third kappa shape index (κ3) is 2.89. The molecular weight excluding hydrogens is 387 g/mol. The zero-order valence-corrected chi connectivity index (χ0v) is 17.2. The minimum absolute atomic E-state index is 0.315. The first-order valence-electron chi connectivity index (χ1n) is 9.96. The van der Waals surface area contributed by atoms with Gasteiger partial charge in [-0.2, -0.15) is 0 Å². The van der Waals surface area contributed by atoms with Crippen LogP contribution in [0.3, 0.4) is 0 Å². The van der Waals surface area contributed by atoms with E-state index in [-0.39, 0.29) is 11.2 Å². The van der Waals surface area contributed by atoms with Gasteiger partial charge in [0.1, 0.15) is 16.7 Å². The molecule has 1 aliphatic carbocycles. The number of fused-ring (bicyclic) bond motifs is 2. The second-order valence-electron chi connectivity index (χ2n) is 7.91. The Labute approximate surface area is 171 Å². The molecule has 1 fully saturated rings. The number of rotatable bonds is 6. The quantitative estimate of drug-likeness (QED) is 0.418. The predicted molar refractivity (Wildman–Crippen MR) is 116 cm³/mol. The molecule has 2 heterocycles. The molecule has 6 heteroatoms. The maximum Gasteiger partial charge on any atom is 0.169 e. The summed E-state index contributed by atoms with van der Waals surface area (Å²) in [5, 5.41) is 1.85. The number of furan rings is 1. The van der Waals surface area contributed by atoms with Crippen molar-refractivity contribution in [3.63, 3.8) is 0 Å². The number of hydrogen-bond donors (Lipinski definition) is 2. The highest BCUT2D eigenvalue weighted by atomic mass is 32.2. The minimum Gasteiger partial charge on any atom is -0.457 e. The molecule has 5 rings (SSSR count). The summed E-state index contributed by atoms with van der Waals surface area (Å²) in [4.78, 5) is 3.38. The highest BCUT2D eigenvalue weighted by Crippen LogP contribution is 2.54. The first-order valence-corrected chi connectivity index (χ1v) is 11.3. The summed E-state index contributed by atoms with van der Waals surface area (Å²) in [7, 11) is -1.12. The first kappa shape index (κ1) is 18.4. The van der Waals surface area contributed by atoms with Crippen molar-refractivity contribution in [1.82, 2.24) is 4.98 Å². The lowest BCUT2D eigenvalue weighted by Crippen LogP contribution is -2.25. The second kappa shape index (κ2) is 6.73. The average Bonchev–Trinajstić information content (AvgIpc) is 3.33. The number of aromatic nitrogens is 1. The van der Waals surface area contributed by atoms with Crippen molar-refractivity contribution in [2.75, 3.05) is 10.5 Å². The van der Waals surface area contributed by atoms with Crippen LogP contribution < -0.4 is 4.72 Å². The Morgan fingerprint density at radius 1 is 1.28 bits per heavy atom. The fourth-order valence-corrected chi connectivity index (χ4v) is 4.92. The molecule has 0 radical (unpaired) electrons. The van der Waals surface area contributed by atoms with Crippen LogP contribution in [0.25, 0.3) is 21.9 Å². The largest absolute Gasteiger partial charge is 0.457 e. The molecule has 0 aliphatic heterocycles. The molecule has 2 aromatic carbocycles. The van der Waals surface area contributed by atoms with Gasteiger partial charge in [0.05, 0.1) is 16.6 Å². The van der Waals surface area contributed by atoms with Crippen LogP contribution in [0.2, 0.25) is 0 Å². The van der Waals surface area contributed by atoms with Crippen molar-refractivity contribution < 1.29 is 13.0 Å². The van der Waals surface area contributed by atoms with Crippen molar-refractivity contribution in [3.8, 4) is 0 Å². The van der Waals surface area contributed by atoms with Crippen LogP contribution in [0.1, 0.15) is 38.0 Å². The molecule has 2 atom stereocenters. The van der Waals surface area contributed by atoms with E-state index in [1.807, 2.05) is 37.4 Å². The summed E-state index contributed by atoms with van der Waals surface area (Å²) in [6, 6.07) is 13.0. The van der Waals surface area contributed by atoms with Crippen LogP contribution in [-0.4, -0.2) is 14.9 Å². The van der Waals surface area contributed by atoms with Crippen LogP contribution in [0.5, 0.6) is 0 Å². The van der Waals surface area contributed by atoms with E-state index in [1.165, 1.54) is 6.07 Å². The number of aromatic amines is 1. The maximum atomic E-state index is 14.3.